The van der Waals surface area contributed by atoms with Gasteiger partial charge >= 0.3 is 21.5 Å². The number of aromatic nitrogens is 1. The zero-order valence-electron chi connectivity index (χ0n) is 10.0. The van der Waals surface area contributed by atoms with Crippen LogP contribution in [-0.2, 0) is 10.0 Å². The van der Waals surface area contributed by atoms with E-state index in [2.05, 4.69) is 4.98 Å². The molecule has 1 aromatic heterocycles. The lowest BCUT2D eigenvalue weighted by molar-refractivity contribution is -0.0448. The molecule has 0 radical (unpaired) electrons. The Morgan fingerprint density at radius 3 is 2.62 bits per heavy atom. The van der Waals surface area contributed by atoms with E-state index < -0.39 is 34.7 Å². The summed E-state index contributed by atoms with van der Waals surface area (Å²) in [5, 5.41) is 8.48. The molecule has 12 heteroatoms. The fourth-order valence-electron chi connectivity index (χ4n) is 1.08. The van der Waals surface area contributed by atoms with Crippen molar-refractivity contribution in [3.8, 4) is 5.75 Å². The fraction of sp³-hybridized carbons (Fsp3) is 0.333. The molecule has 0 amide bonds. The molecule has 7 nitrogen and oxygen atoms in total. The largest absolute Gasteiger partial charge is 0.511 e. The van der Waals surface area contributed by atoms with Crippen molar-refractivity contribution in [3.05, 3.63) is 23.0 Å². The summed E-state index contributed by atoms with van der Waals surface area (Å²) in [4.78, 5) is 14.3. The maximum Gasteiger partial charge on any atom is 0.511 e. The minimum Gasteiger partial charge on any atom is -0.491 e. The smallest absolute Gasteiger partial charge is 0.491 e. The van der Waals surface area contributed by atoms with E-state index >= 15 is 0 Å². The Labute approximate surface area is 121 Å². The van der Waals surface area contributed by atoms with Crippen molar-refractivity contribution in [1.82, 2.24) is 9.71 Å². The average Bonchev–Trinajstić information content (AvgIpc) is 2.34. The Kier molecular flexibility index (Phi) is 5.36. The average molecular weight is 349 g/mol. The van der Waals surface area contributed by atoms with Crippen LogP contribution in [0.1, 0.15) is 10.4 Å². The van der Waals surface area contributed by atoms with Gasteiger partial charge in [0.15, 0.2) is 0 Å². The summed E-state index contributed by atoms with van der Waals surface area (Å²) in [5.74, 6) is -1.45. The van der Waals surface area contributed by atoms with Gasteiger partial charge in [-0.3, -0.25) is 0 Å². The number of sulfonamides is 1. The van der Waals surface area contributed by atoms with Gasteiger partial charge in [-0.2, -0.15) is 13.2 Å². The molecule has 1 aromatic rings. The molecular weight excluding hydrogens is 341 g/mol. The van der Waals surface area contributed by atoms with Crippen molar-refractivity contribution in [3.63, 3.8) is 0 Å². The van der Waals surface area contributed by atoms with Crippen LogP contribution >= 0.6 is 11.6 Å². The molecule has 0 saturated heterocycles. The van der Waals surface area contributed by atoms with Crippen molar-refractivity contribution in [1.29, 1.82) is 0 Å². The second kappa shape index (κ2) is 6.45. The van der Waals surface area contributed by atoms with Crippen molar-refractivity contribution in [2.45, 2.75) is 5.51 Å². The Balaban J connectivity index is 2.58. The summed E-state index contributed by atoms with van der Waals surface area (Å²) in [6, 6.07) is 1.01. The van der Waals surface area contributed by atoms with Gasteiger partial charge < -0.3 is 9.84 Å². The zero-order valence-corrected chi connectivity index (χ0v) is 11.6. The van der Waals surface area contributed by atoms with Gasteiger partial charge in [-0.15, -0.1) is 0 Å². The zero-order chi connectivity index (χ0) is 16.3. The summed E-state index contributed by atoms with van der Waals surface area (Å²) in [7, 11) is -5.44. The van der Waals surface area contributed by atoms with Gasteiger partial charge in [0.1, 0.15) is 23.1 Å². The van der Waals surface area contributed by atoms with Crippen molar-refractivity contribution < 1.29 is 36.2 Å². The van der Waals surface area contributed by atoms with E-state index in [-0.39, 0.29) is 16.5 Å². The van der Waals surface area contributed by atoms with Gasteiger partial charge in [0.2, 0.25) is 0 Å². The van der Waals surface area contributed by atoms with Gasteiger partial charge in [-0.05, 0) is 6.07 Å². The molecule has 21 heavy (non-hydrogen) atoms. The van der Waals surface area contributed by atoms with Crippen LogP contribution in [0.25, 0.3) is 0 Å². The number of carboxylic acid groups (broad SMARTS) is 1. The van der Waals surface area contributed by atoms with Crippen molar-refractivity contribution in [2.75, 3.05) is 13.2 Å². The Morgan fingerprint density at radius 1 is 1.48 bits per heavy atom. The number of hydrogen-bond acceptors (Lipinski definition) is 5. The van der Waals surface area contributed by atoms with Gasteiger partial charge in [0.25, 0.3) is 0 Å². The summed E-state index contributed by atoms with van der Waals surface area (Å²) in [6.07, 6.45) is 1.05. The number of pyridine rings is 1. The molecule has 1 heterocycles. The van der Waals surface area contributed by atoms with Gasteiger partial charge in [0, 0.05) is 6.54 Å². The van der Waals surface area contributed by atoms with E-state index in [4.69, 9.17) is 21.4 Å². The van der Waals surface area contributed by atoms with Crippen molar-refractivity contribution >= 4 is 27.6 Å². The summed E-state index contributed by atoms with van der Waals surface area (Å²) < 4.78 is 63.4. The first-order valence-corrected chi connectivity index (χ1v) is 6.98. The molecule has 0 unspecified atom stereocenters. The SMILES string of the molecule is O=C(O)c1cc(OCCNS(=O)(=O)C(F)(F)F)cnc1Cl. The van der Waals surface area contributed by atoms with E-state index in [0.717, 1.165) is 12.3 Å². The van der Waals surface area contributed by atoms with Crippen LogP contribution in [0.3, 0.4) is 0 Å². The van der Waals surface area contributed by atoms with E-state index in [1.54, 1.807) is 0 Å². The fourth-order valence-corrected chi connectivity index (χ4v) is 1.78. The lowest BCUT2D eigenvalue weighted by Gasteiger charge is -2.10. The van der Waals surface area contributed by atoms with Crippen LogP contribution in [0.4, 0.5) is 13.2 Å². The minimum absolute atomic E-state index is 0.0805. The molecule has 1 rings (SSSR count). The molecule has 0 fully saturated rings. The molecule has 0 aliphatic rings. The van der Waals surface area contributed by atoms with Crippen LogP contribution < -0.4 is 9.46 Å². The first kappa shape index (κ1) is 17.5. The monoisotopic (exact) mass is 348 g/mol. The number of carbonyl (C=O) groups is 1. The molecule has 0 saturated carbocycles. The highest BCUT2D eigenvalue weighted by atomic mass is 35.5. The lowest BCUT2D eigenvalue weighted by atomic mass is 10.3. The Bertz CT molecular complexity index is 635. The van der Waals surface area contributed by atoms with Crippen LogP contribution in [-0.4, -0.2) is 43.1 Å². The molecule has 0 atom stereocenters. The molecule has 0 aromatic carbocycles. The third kappa shape index (κ3) is 4.72. The second-order valence-electron chi connectivity index (χ2n) is 3.51. The maximum atomic E-state index is 12.0. The normalized spacial score (nSPS) is 12.2. The summed E-state index contributed by atoms with van der Waals surface area (Å²) >= 11 is 5.50. The number of alkyl halides is 3. The number of nitrogens with one attached hydrogen (secondary N) is 1. The molecule has 0 aliphatic carbocycles. The number of ether oxygens (including phenoxy) is 1. The lowest BCUT2D eigenvalue weighted by Crippen LogP contribution is -2.38. The number of rotatable bonds is 6. The third-order valence-electron chi connectivity index (χ3n) is 2.01. The first-order chi connectivity index (χ1) is 9.54. The standard InChI is InChI=1S/C9H8ClF3N2O5S/c10-7-6(8(16)17)3-5(4-14-7)20-2-1-15-21(18,19)9(11,12)13/h3-4,15H,1-2H2,(H,16,17). The molecule has 118 valence electrons. The maximum absolute atomic E-state index is 12.0. The summed E-state index contributed by atoms with van der Waals surface area (Å²) in [5.41, 5.74) is -5.77. The first-order valence-electron chi connectivity index (χ1n) is 5.12. The molecule has 0 aliphatic heterocycles. The summed E-state index contributed by atoms with van der Waals surface area (Å²) in [6.45, 7) is -1.12. The number of halogens is 4. The van der Waals surface area contributed by atoms with Crippen LogP contribution in [0, 0.1) is 0 Å². The topological polar surface area (TPSA) is 106 Å². The van der Waals surface area contributed by atoms with Crippen molar-refractivity contribution in [2.24, 2.45) is 0 Å². The Hall–Kier alpha value is -1.59. The number of nitrogens with zero attached hydrogens (tertiary/aromatic N) is 1. The van der Waals surface area contributed by atoms with Gasteiger partial charge in [-0.25, -0.2) is 22.9 Å². The van der Waals surface area contributed by atoms with E-state index in [9.17, 15) is 26.4 Å². The molecule has 0 bridgehead atoms. The predicted molar refractivity (Wildman–Crippen MR) is 64.7 cm³/mol. The van der Waals surface area contributed by atoms with Crippen LogP contribution in [0.5, 0.6) is 5.75 Å². The Morgan fingerprint density at radius 2 is 2.10 bits per heavy atom. The van der Waals surface area contributed by atoms with E-state index in [0.29, 0.717) is 0 Å². The highest BCUT2D eigenvalue weighted by Crippen LogP contribution is 2.21. The van der Waals surface area contributed by atoms with E-state index in [1.165, 1.54) is 4.72 Å². The predicted octanol–water partition coefficient (Wildman–Crippen LogP) is 1.25. The highest BCUT2D eigenvalue weighted by molar-refractivity contribution is 7.90. The second-order valence-corrected chi connectivity index (χ2v) is 5.62. The minimum atomic E-state index is -5.44. The van der Waals surface area contributed by atoms with E-state index in [1.807, 2.05) is 0 Å². The van der Waals surface area contributed by atoms with Crippen LogP contribution in [0.2, 0.25) is 5.15 Å². The highest BCUT2D eigenvalue weighted by Gasteiger charge is 2.45. The number of hydrogen-bond donors (Lipinski definition) is 2. The molecular formula is C9H8ClF3N2O5S. The quantitative estimate of drug-likeness (QED) is 0.592. The molecule has 2 N–H and O–H groups in total. The number of aromatic carboxylic acids is 1. The molecule has 0 spiro atoms. The van der Waals surface area contributed by atoms with Gasteiger partial charge in [0.05, 0.1) is 6.20 Å². The number of carboxylic acids is 1. The third-order valence-corrected chi connectivity index (χ3v) is 3.51. The van der Waals surface area contributed by atoms with Gasteiger partial charge in [-0.1, -0.05) is 11.6 Å². The van der Waals surface area contributed by atoms with Crippen LogP contribution in [0.15, 0.2) is 12.3 Å².